The highest BCUT2D eigenvalue weighted by Gasteiger charge is 2.30. The van der Waals surface area contributed by atoms with E-state index in [1.165, 1.54) is 57.8 Å². The molecule has 0 heterocycles. The second-order valence-corrected chi connectivity index (χ2v) is 20.5. The molecule has 0 aromatic heterocycles. The number of esters is 1. The molecule has 0 aromatic rings. The van der Waals surface area contributed by atoms with E-state index >= 15 is 0 Å². The molecule has 386 valence electrons. The number of amides is 1. The van der Waals surface area contributed by atoms with Gasteiger partial charge in [0, 0.05) is 12.8 Å². The Bertz CT molecular complexity index is 1430. The van der Waals surface area contributed by atoms with Gasteiger partial charge in [-0.05, 0) is 96.0 Å². The zero-order chi connectivity index (χ0) is 49.4. The van der Waals surface area contributed by atoms with E-state index in [0.717, 1.165) is 116 Å². The summed E-state index contributed by atoms with van der Waals surface area (Å²) < 4.78 is 30.5. The van der Waals surface area contributed by atoms with Crippen molar-refractivity contribution in [1.82, 2.24) is 5.32 Å². The first-order valence-electron chi connectivity index (χ1n) is 26.9. The quantitative estimate of drug-likeness (QED) is 0.0205. The van der Waals surface area contributed by atoms with Gasteiger partial charge in [-0.1, -0.05) is 190 Å². The molecule has 0 saturated heterocycles. The minimum Gasteiger partial charge on any atom is -0.456 e. The Morgan fingerprint density at radius 3 is 1.51 bits per heavy atom. The molecule has 67 heavy (non-hydrogen) atoms. The summed E-state index contributed by atoms with van der Waals surface area (Å²) in [6.07, 6.45) is 60.1. The number of nitrogens with one attached hydrogen (secondary N) is 1. The molecule has 0 aliphatic carbocycles. The molecule has 0 radical (unpaired) electrons. The fourth-order valence-corrected chi connectivity index (χ4v) is 7.86. The van der Waals surface area contributed by atoms with Crippen molar-refractivity contribution in [2.45, 2.75) is 226 Å². The van der Waals surface area contributed by atoms with Crippen LogP contribution in [0.1, 0.15) is 213 Å². The first-order valence-corrected chi connectivity index (χ1v) is 28.4. The Balaban J connectivity index is 5.41. The van der Waals surface area contributed by atoms with Crippen LogP contribution >= 0.6 is 7.82 Å². The summed E-state index contributed by atoms with van der Waals surface area (Å²) in [5.41, 5.74) is 0. The van der Waals surface area contributed by atoms with Crippen LogP contribution in [0.5, 0.6) is 0 Å². The van der Waals surface area contributed by atoms with Gasteiger partial charge in [-0.2, -0.15) is 0 Å². The van der Waals surface area contributed by atoms with Crippen molar-refractivity contribution in [3.05, 3.63) is 85.1 Å². The summed E-state index contributed by atoms with van der Waals surface area (Å²) >= 11 is 0. The molecule has 0 rings (SSSR count). The predicted octanol–water partition coefficient (Wildman–Crippen LogP) is 15.9. The molecule has 2 N–H and O–H groups in total. The van der Waals surface area contributed by atoms with Crippen molar-refractivity contribution >= 4 is 19.7 Å². The fourth-order valence-electron chi connectivity index (χ4n) is 7.12. The van der Waals surface area contributed by atoms with E-state index in [0.29, 0.717) is 17.4 Å². The molecule has 9 nitrogen and oxygen atoms in total. The summed E-state index contributed by atoms with van der Waals surface area (Å²) in [5.74, 6) is -0.562. The maximum atomic E-state index is 13.4. The van der Waals surface area contributed by atoms with Gasteiger partial charge in [-0.3, -0.25) is 18.6 Å². The van der Waals surface area contributed by atoms with Gasteiger partial charge in [-0.25, -0.2) is 4.57 Å². The second-order valence-electron chi connectivity index (χ2n) is 19.0. The summed E-state index contributed by atoms with van der Waals surface area (Å²) in [7, 11) is 1.45. The van der Waals surface area contributed by atoms with Gasteiger partial charge in [0.15, 0.2) is 0 Å². The first-order chi connectivity index (χ1) is 32.4. The van der Waals surface area contributed by atoms with Gasteiger partial charge < -0.3 is 19.4 Å². The molecule has 0 spiro atoms. The number of quaternary nitrogens is 1. The number of allylic oxidation sites excluding steroid dienone is 13. The summed E-state index contributed by atoms with van der Waals surface area (Å²) in [6.45, 7) is 6.79. The number of ether oxygens (including phenoxy) is 1. The number of unbranched alkanes of at least 4 members (excludes halogenated alkanes) is 19. The van der Waals surface area contributed by atoms with Gasteiger partial charge in [0.05, 0.1) is 33.8 Å². The molecule has 3 atom stereocenters. The molecule has 0 fully saturated rings. The third-order valence-corrected chi connectivity index (χ3v) is 12.3. The van der Waals surface area contributed by atoms with Crippen molar-refractivity contribution in [1.29, 1.82) is 0 Å². The molecule has 0 aromatic carbocycles. The molecular weight excluding hydrogens is 856 g/mol. The van der Waals surface area contributed by atoms with E-state index in [1.54, 1.807) is 0 Å². The van der Waals surface area contributed by atoms with Crippen LogP contribution in [0.2, 0.25) is 0 Å². The Morgan fingerprint density at radius 1 is 0.537 bits per heavy atom. The molecule has 0 aliphatic heterocycles. The number of rotatable bonds is 47. The monoisotopic (exact) mass is 958 g/mol. The SMILES string of the molecule is CC/C=C\C/C=C\C/C=C\C/C=C\C/C=C\CCCCCC(=O)NC(COP(=O)(O)OCC[N+](C)(C)C)C(/C=C\CCCCCCCCCCC)OC(=O)CCCCCCC/C=C\CCCC. The average Bonchev–Trinajstić information content (AvgIpc) is 3.28. The van der Waals surface area contributed by atoms with Gasteiger partial charge in [0.25, 0.3) is 0 Å². The Labute approximate surface area is 412 Å². The van der Waals surface area contributed by atoms with Crippen LogP contribution < -0.4 is 5.32 Å². The minimum atomic E-state index is -4.45. The summed E-state index contributed by atoms with van der Waals surface area (Å²) in [4.78, 5) is 37.4. The Hall–Kier alpha value is -2.81. The third-order valence-electron chi connectivity index (χ3n) is 11.3. The van der Waals surface area contributed by atoms with Crippen LogP contribution in [-0.4, -0.2) is 74.3 Å². The smallest absolute Gasteiger partial charge is 0.456 e. The van der Waals surface area contributed by atoms with E-state index in [4.69, 9.17) is 13.8 Å². The number of likely N-dealkylation sites (N-methyl/N-ethyl adjacent to an activating group) is 1. The van der Waals surface area contributed by atoms with E-state index in [9.17, 15) is 19.0 Å². The maximum absolute atomic E-state index is 13.4. The number of phosphoric ester groups is 1. The number of nitrogens with zero attached hydrogens (tertiary/aromatic N) is 1. The van der Waals surface area contributed by atoms with Crippen molar-refractivity contribution in [2.24, 2.45) is 0 Å². The molecule has 0 bridgehead atoms. The van der Waals surface area contributed by atoms with E-state index in [2.05, 4.69) is 99.0 Å². The standard InChI is InChI=1S/C57H101N2O7P/c1-7-10-13-16-19-22-25-26-27-28-29-30-31-32-35-37-40-43-46-49-56(60)58-54(53-65-67(62,63)64-52-51-59(4,5)6)55(48-45-42-39-36-33-23-20-17-14-11-8-2)66-57(61)50-47-44-41-38-34-24-21-18-15-12-9-3/h10,13,18-19,21-22,26-27,29-30,32,35,45,48,54-55H,7-9,11-12,14-17,20,23-25,28,31,33-34,36-44,46-47,49-53H2,1-6H3,(H-,58,60,62,63)/p+1/b13-10-,21-18-,22-19-,27-26-,30-29-,35-32-,48-45-. The van der Waals surface area contributed by atoms with E-state index in [-0.39, 0.29) is 37.9 Å². The molecule has 0 saturated carbocycles. The number of phosphoric acid groups is 1. The second kappa shape index (κ2) is 46.9. The first kappa shape index (κ1) is 64.2. The van der Waals surface area contributed by atoms with Crippen LogP contribution in [0.4, 0.5) is 0 Å². The number of hydrogen-bond acceptors (Lipinski definition) is 6. The number of carbonyl (C=O) groups is 2. The highest BCUT2D eigenvalue weighted by Crippen LogP contribution is 2.43. The minimum absolute atomic E-state index is 0.0284. The normalized spacial score (nSPS) is 14.6. The van der Waals surface area contributed by atoms with Crippen LogP contribution in [0.3, 0.4) is 0 Å². The lowest BCUT2D eigenvalue weighted by atomic mass is 10.1. The lowest BCUT2D eigenvalue weighted by Crippen LogP contribution is -2.47. The van der Waals surface area contributed by atoms with Gasteiger partial charge in [-0.15, -0.1) is 0 Å². The van der Waals surface area contributed by atoms with Crippen LogP contribution in [0, 0.1) is 0 Å². The molecule has 1 amide bonds. The highest BCUT2D eigenvalue weighted by atomic mass is 31.2. The van der Waals surface area contributed by atoms with Crippen LogP contribution in [0.15, 0.2) is 85.1 Å². The Morgan fingerprint density at radius 2 is 0.970 bits per heavy atom. The van der Waals surface area contributed by atoms with Gasteiger partial charge >= 0.3 is 13.8 Å². The van der Waals surface area contributed by atoms with Crippen molar-refractivity contribution in [2.75, 3.05) is 40.9 Å². The number of hydrogen-bond donors (Lipinski definition) is 2. The lowest BCUT2D eigenvalue weighted by Gasteiger charge is -2.27. The highest BCUT2D eigenvalue weighted by molar-refractivity contribution is 7.47. The zero-order valence-corrected chi connectivity index (χ0v) is 44.8. The fraction of sp³-hybridized carbons (Fsp3) is 0.719. The molecule has 0 aliphatic rings. The van der Waals surface area contributed by atoms with Crippen molar-refractivity contribution in [3.63, 3.8) is 0 Å². The van der Waals surface area contributed by atoms with Crippen LogP contribution in [-0.2, 0) is 27.9 Å². The average molecular weight is 958 g/mol. The predicted molar refractivity (Wildman–Crippen MR) is 286 cm³/mol. The van der Waals surface area contributed by atoms with E-state index < -0.39 is 20.0 Å². The van der Waals surface area contributed by atoms with Crippen molar-refractivity contribution in [3.8, 4) is 0 Å². The molecular formula is C57H102N2O7P+. The number of carbonyl (C=O) groups excluding carboxylic acids is 2. The van der Waals surface area contributed by atoms with Crippen LogP contribution in [0.25, 0.3) is 0 Å². The van der Waals surface area contributed by atoms with E-state index in [1.807, 2.05) is 33.3 Å². The van der Waals surface area contributed by atoms with Crippen molar-refractivity contribution < 1.29 is 37.3 Å². The molecule has 3 unspecified atom stereocenters. The van der Waals surface area contributed by atoms with Gasteiger partial charge in [0.2, 0.25) is 5.91 Å². The lowest BCUT2D eigenvalue weighted by molar-refractivity contribution is -0.870. The summed E-state index contributed by atoms with van der Waals surface area (Å²) in [6, 6.07) is -0.870. The molecule has 10 heteroatoms. The topological polar surface area (TPSA) is 111 Å². The van der Waals surface area contributed by atoms with Gasteiger partial charge in [0.1, 0.15) is 19.3 Å². The zero-order valence-electron chi connectivity index (χ0n) is 43.9. The largest absolute Gasteiger partial charge is 0.472 e. The third kappa shape index (κ3) is 48.0. The maximum Gasteiger partial charge on any atom is 0.472 e. The Kier molecular flexibility index (Phi) is 44.9. The summed E-state index contributed by atoms with van der Waals surface area (Å²) in [5, 5.41) is 3.01.